The summed E-state index contributed by atoms with van der Waals surface area (Å²) in [6.07, 6.45) is 23.5. The first-order valence-corrected chi connectivity index (χ1v) is 8.31. The topological polar surface area (TPSA) is 0 Å². The second kappa shape index (κ2) is 3.70. The fourth-order valence-electron chi connectivity index (χ4n) is 4.90. The predicted octanol–water partition coefficient (Wildman–Crippen LogP) is 1.91. The maximum Gasteiger partial charge on any atom is -0.00577 e. The molecular formula is C22H16. The molecule has 104 valence electrons. The molecule has 0 spiro atoms. The van der Waals surface area contributed by atoms with E-state index < -0.39 is 0 Å². The first-order chi connectivity index (χ1) is 10.9. The lowest BCUT2D eigenvalue weighted by molar-refractivity contribution is 1.28. The SMILES string of the molecule is C1=Cc2c3c(c4c5c(c6c(c4c2C1)=CCC=6)=CCC=5)CC=C3. The Hall–Kier alpha value is -2.34. The monoisotopic (exact) mass is 280 g/mol. The highest BCUT2D eigenvalue weighted by atomic mass is 14.3. The van der Waals surface area contributed by atoms with Crippen LogP contribution in [0.4, 0.5) is 0 Å². The van der Waals surface area contributed by atoms with Gasteiger partial charge in [0.25, 0.3) is 0 Å². The Morgan fingerprint density at radius 2 is 1.00 bits per heavy atom. The van der Waals surface area contributed by atoms with E-state index >= 15 is 0 Å². The van der Waals surface area contributed by atoms with Gasteiger partial charge in [0.1, 0.15) is 0 Å². The predicted molar refractivity (Wildman–Crippen MR) is 95.0 cm³/mol. The van der Waals surface area contributed by atoms with Crippen LogP contribution in [0.15, 0.2) is 12.2 Å². The lowest BCUT2D eigenvalue weighted by Crippen LogP contribution is -2.46. The standard InChI is InChI=1S/C22H16/c1-5-13-14-6-2-10-18(14)22-20-12-4-8-16(20)15-7-3-11-19(15)21(22)17(13)9-1/h1-2,5-8,11-12H,3-4,9-10H2. The molecule has 0 atom stereocenters. The van der Waals surface area contributed by atoms with E-state index in [1.807, 2.05) is 0 Å². The lowest BCUT2D eigenvalue weighted by atomic mass is 9.88. The van der Waals surface area contributed by atoms with Crippen LogP contribution in [0.3, 0.4) is 0 Å². The second-order valence-corrected chi connectivity index (χ2v) is 6.69. The molecule has 0 fully saturated rings. The van der Waals surface area contributed by atoms with Crippen molar-refractivity contribution in [1.29, 1.82) is 0 Å². The van der Waals surface area contributed by atoms with Crippen molar-refractivity contribution in [3.05, 3.63) is 55.3 Å². The molecule has 0 aromatic heterocycles. The van der Waals surface area contributed by atoms with Crippen molar-refractivity contribution >= 4 is 47.2 Å². The number of allylic oxidation sites excluding steroid dienone is 2. The first-order valence-electron chi connectivity index (χ1n) is 8.31. The molecule has 2 aromatic rings. The maximum atomic E-state index is 2.44. The first kappa shape index (κ1) is 11.3. The molecule has 0 unspecified atom stereocenters. The van der Waals surface area contributed by atoms with Crippen LogP contribution in [0.5, 0.6) is 0 Å². The molecule has 6 rings (SSSR count). The van der Waals surface area contributed by atoms with Crippen molar-refractivity contribution in [2.24, 2.45) is 0 Å². The molecule has 0 amide bonds. The molecule has 0 N–H and O–H groups in total. The van der Waals surface area contributed by atoms with Gasteiger partial charge in [-0.25, -0.2) is 0 Å². The van der Waals surface area contributed by atoms with Crippen molar-refractivity contribution in [2.45, 2.75) is 25.7 Å². The minimum Gasteiger partial charge on any atom is -0.0795 e. The minimum atomic E-state index is 1.09. The number of benzene rings is 2. The smallest absolute Gasteiger partial charge is 0.00577 e. The average Bonchev–Trinajstić information content (AvgIpc) is 3.28. The van der Waals surface area contributed by atoms with E-state index in [2.05, 4.69) is 48.6 Å². The largest absolute Gasteiger partial charge is 0.0795 e. The van der Waals surface area contributed by atoms with Crippen LogP contribution in [-0.2, 0) is 12.8 Å². The van der Waals surface area contributed by atoms with Crippen molar-refractivity contribution < 1.29 is 0 Å². The van der Waals surface area contributed by atoms with E-state index in [-0.39, 0.29) is 0 Å². The average molecular weight is 280 g/mol. The van der Waals surface area contributed by atoms with Gasteiger partial charge in [-0.1, -0.05) is 48.6 Å². The number of hydrogen-bond donors (Lipinski definition) is 0. The third kappa shape index (κ3) is 1.14. The fourth-order valence-corrected chi connectivity index (χ4v) is 4.90. The van der Waals surface area contributed by atoms with Crippen LogP contribution in [0.1, 0.15) is 35.1 Å². The fraction of sp³-hybridized carbons (Fsp3) is 0.182. The van der Waals surface area contributed by atoms with Crippen LogP contribution in [0, 0.1) is 0 Å². The summed E-state index contributed by atoms with van der Waals surface area (Å²) in [6.45, 7) is 0. The summed E-state index contributed by atoms with van der Waals surface area (Å²) < 4.78 is 0. The summed E-state index contributed by atoms with van der Waals surface area (Å²) in [7, 11) is 0. The molecule has 0 heterocycles. The number of rotatable bonds is 0. The van der Waals surface area contributed by atoms with Crippen LogP contribution in [0.25, 0.3) is 47.2 Å². The van der Waals surface area contributed by atoms with Gasteiger partial charge in [-0.2, -0.15) is 0 Å². The molecule has 2 aromatic carbocycles. The zero-order valence-electron chi connectivity index (χ0n) is 12.4. The zero-order valence-corrected chi connectivity index (χ0v) is 12.4. The Kier molecular flexibility index (Phi) is 1.89. The lowest BCUT2D eigenvalue weighted by Gasteiger charge is -2.14. The molecule has 0 radical (unpaired) electrons. The van der Waals surface area contributed by atoms with Gasteiger partial charge in [0.05, 0.1) is 0 Å². The van der Waals surface area contributed by atoms with Gasteiger partial charge >= 0.3 is 0 Å². The van der Waals surface area contributed by atoms with E-state index in [4.69, 9.17) is 0 Å². The van der Waals surface area contributed by atoms with Crippen LogP contribution >= 0.6 is 0 Å². The van der Waals surface area contributed by atoms with E-state index in [0.717, 1.165) is 25.7 Å². The van der Waals surface area contributed by atoms with Crippen molar-refractivity contribution in [3.8, 4) is 0 Å². The Morgan fingerprint density at radius 1 is 0.545 bits per heavy atom. The van der Waals surface area contributed by atoms with E-state index in [1.165, 1.54) is 32.0 Å². The molecule has 4 aliphatic rings. The molecule has 0 saturated carbocycles. The highest BCUT2D eigenvalue weighted by Crippen LogP contribution is 2.36. The molecule has 0 aliphatic heterocycles. The summed E-state index contributed by atoms with van der Waals surface area (Å²) in [5.74, 6) is 0. The highest BCUT2D eigenvalue weighted by Gasteiger charge is 2.23. The second-order valence-electron chi connectivity index (χ2n) is 6.69. The van der Waals surface area contributed by atoms with Crippen molar-refractivity contribution in [2.75, 3.05) is 0 Å². The summed E-state index contributed by atoms with van der Waals surface area (Å²) in [5.41, 5.74) is 6.10. The third-order valence-electron chi connectivity index (χ3n) is 5.70. The van der Waals surface area contributed by atoms with Crippen molar-refractivity contribution in [1.82, 2.24) is 0 Å². The quantitative estimate of drug-likeness (QED) is 0.691. The normalized spacial score (nSPS) is 18.4. The van der Waals surface area contributed by atoms with Gasteiger partial charge in [0.2, 0.25) is 0 Å². The Bertz CT molecular complexity index is 1100. The van der Waals surface area contributed by atoms with Gasteiger partial charge in [-0.3, -0.25) is 0 Å². The van der Waals surface area contributed by atoms with Gasteiger partial charge in [0.15, 0.2) is 0 Å². The number of fused-ring (bicyclic) bond motifs is 11. The highest BCUT2D eigenvalue weighted by molar-refractivity contribution is 6.00. The summed E-state index contributed by atoms with van der Waals surface area (Å²) >= 11 is 0. The molecule has 0 heteroatoms. The van der Waals surface area contributed by atoms with Gasteiger partial charge in [-0.05, 0) is 79.6 Å². The van der Waals surface area contributed by atoms with Crippen molar-refractivity contribution in [3.63, 3.8) is 0 Å². The van der Waals surface area contributed by atoms with E-state index in [0.29, 0.717) is 0 Å². The summed E-state index contributed by atoms with van der Waals surface area (Å²) in [5, 5.41) is 9.12. The van der Waals surface area contributed by atoms with E-state index in [9.17, 15) is 0 Å². The van der Waals surface area contributed by atoms with Gasteiger partial charge in [0, 0.05) is 0 Å². The summed E-state index contributed by atoms with van der Waals surface area (Å²) in [6, 6.07) is 0. The summed E-state index contributed by atoms with van der Waals surface area (Å²) in [4.78, 5) is 0. The third-order valence-corrected chi connectivity index (χ3v) is 5.70. The van der Waals surface area contributed by atoms with Crippen LogP contribution in [0.2, 0.25) is 0 Å². The Balaban J connectivity index is 2.06. The molecule has 0 bridgehead atoms. The van der Waals surface area contributed by atoms with Crippen LogP contribution < -0.4 is 20.9 Å². The molecular weight excluding hydrogens is 264 g/mol. The van der Waals surface area contributed by atoms with E-state index in [1.54, 1.807) is 21.9 Å². The minimum absolute atomic E-state index is 1.09. The Labute approximate surface area is 128 Å². The molecule has 4 aliphatic carbocycles. The van der Waals surface area contributed by atoms with Crippen LogP contribution in [-0.4, -0.2) is 0 Å². The van der Waals surface area contributed by atoms with Gasteiger partial charge < -0.3 is 0 Å². The molecule has 0 saturated heterocycles. The molecule has 22 heavy (non-hydrogen) atoms. The number of hydrogen-bond acceptors (Lipinski definition) is 0. The molecule has 0 nitrogen and oxygen atoms in total. The maximum absolute atomic E-state index is 2.44. The van der Waals surface area contributed by atoms with Gasteiger partial charge in [-0.15, -0.1) is 0 Å². The Morgan fingerprint density at radius 3 is 1.50 bits per heavy atom. The zero-order chi connectivity index (χ0) is 14.3.